The molecule has 1 heterocycles. The second kappa shape index (κ2) is 4.42. The molecule has 1 amide bonds. The summed E-state index contributed by atoms with van der Waals surface area (Å²) in [4.78, 5) is 12.0. The number of amides is 1. The van der Waals surface area contributed by atoms with Crippen molar-refractivity contribution >= 4 is 27.5 Å². The monoisotopic (exact) mass is 294 g/mol. The molecule has 0 radical (unpaired) electrons. The largest absolute Gasteiger partial charge is 0.324 e. The maximum absolute atomic E-state index is 12.0. The van der Waals surface area contributed by atoms with E-state index >= 15 is 0 Å². The SMILES string of the molecule is O=C1Nc2cccc(Br)c2C1NC1CCCC1. The van der Waals surface area contributed by atoms with Crippen LogP contribution in [-0.2, 0) is 4.79 Å². The quantitative estimate of drug-likeness (QED) is 0.880. The molecule has 1 atom stereocenters. The fourth-order valence-electron chi connectivity index (χ4n) is 2.76. The molecule has 2 aliphatic rings. The van der Waals surface area contributed by atoms with E-state index in [-0.39, 0.29) is 11.9 Å². The van der Waals surface area contributed by atoms with Crippen molar-refractivity contribution in [3.05, 3.63) is 28.2 Å². The summed E-state index contributed by atoms with van der Waals surface area (Å²) in [5.74, 6) is 0.0683. The second-order valence-electron chi connectivity index (χ2n) is 4.77. The number of halogens is 1. The van der Waals surface area contributed by atoms with Crippen molar-refractivity contribution in [2.75, 3.05) is 5.32 Å². The van der Waals surface area contributed by atoms with Crippen molar-refractivity contribution in [1.82, 2.24) is 5.32 Å². The van der Waals surface area contributed by atoms with Gasteiger partial charge in [-0.1, -0.05) is 34.8 Å². The minimum absolute atomic E-state index is 0.0683. The molecule has 3 nitrogen and oxygen atoms in total. The average molecular weight is 295 g/mol. The number of nitrogens with one attached hydrogen (secondary N) is 2. The highest BCUT2D eigenvalue weighted by molar-refractivity contribution is 9.10. The molecule has 1 aromatic rings. The fourth-order valence-corrected chi connectivity index (χ4v) is 3.36. The summed E-state index contributed by atoms with van der Waals surface area (Å²) in [7, 11) is 0. The first-order valence-electron chi connectivity index (χ1n) is 6.11. The number of fused-ring (bicyclic) bond motifs is 1. The van der Waals surface area contributed by atoms with Crippen LogP contribution in [0.4, 0.5) is 5.69 Å². The Labute approximate surface area is 109 Å². The molecular weight excluding hydrogens is 280 g/mol. The van der Waals surface area contributed by atoms with Gasteiger partial charge in [-0.05, 0) is 25.0 Å². The van der Waals surface area contributed by atoms with Crippen molar-refractivity contribution in [3.8, 4) is 0 Å². The molecule has 1 aliphatic heterocycles. The molecule has 1 fully saturated rings. The minimum Gasteiger partial charge on any atom is -0.324 e. The molecule has 1 aromatic carbocycles. The van der Waals surface area contributed by atoms with Crippen molar-refractivity contribution in [1.29, 1.82) is 0 Å². The van der Waals surface area contributed by atoms with Gasteiger partial charge in [0, 0.05) is 21.8 Å². The van der Waals surface area contributed by atoms with Crippen LogP contribution in [0.1, 0.15) is 37.3 Å². The Hall–Kier alpha value is -0.870. The lowest BCUT2D eigenvalue weighted by atomic mass is 10.1. The van der Waals surface area contributed by atoms with E-state index in [1.165, 1.54) is 25.7 Å². The Kier molecular flexibility index (Phi) is 2.92. The molecule has 0 bridgehead atoms. The lowest BCUT2D eigenvalue weighted by molar-refractivity contribution is -0.117. The van der Waals surface area contributed by atoms with Gasteiger partial charge in [0.15, 0.2) is 0 Å². The molecule has 2 N–H and O–H groups in total. The molecule has 1 aliphatic carbocycles. The maximum atomic E-state index is 12.0. The van der Waals surface area contributed by atoms with Crippen LogP contribution in [0.2, 0.25) is 0 Å². The number of carbonyl (C=O) groups is 1. The van der Waals surface area contributed by atoms with Gasteiger partial charge in [-0.15, -0.1) is 0 Å². The molecule has 4 heteroatoms. The first kappa shape index (κ1) is 11.2. The van der Waals surface area contributed by atoms with E-state index in [0.717, 1.165) is 15.7 Å². The number of carbonyl (C=O) groups excluding carboxylic acids is 1. The van der Waals surface area contributed by atoms with E-state index in [2.05, 4.69) is 26.6 Å². The van der Waals surface area contributed by atoms with Crippen LogP contribution < -0.4 is 10.6 Å². The number of hydrogen-bond donors (Lipinski definition) is 2. The van der Waals surface area contributed by atoms with Crippen molar-refractivity contribution in [3.63, 3.8) is 0 Å². The summed E-state index contributed by atoms with van der Waals surface area (Å²) in [5.41, 5.74) is 1.99. The van der Waals surface area contributed by atoms with E-state index in [0.29, 0.717) is 6.04 Å². The first-order valence-corrected chi connectivity index (χ1v) is 6.90. The predicted octanol–water partition coefficient (Wildman–Crippen LogP) is 2.97. The number of anilines is 1. The molecule has 1 unspecified atom stereocenters. The molecule has 3 rings (SSSR count). The Morgan fingerprint density at radius 2 is 2.06 bits per heavy atom. The third-order valence-electron chi connectivity index (χ3n) is 3.62. The summed E-state index contributed by atoms with van der Waals surface area (Å²) in [6.45, 7) is 0. The van der Waals surface area contributed by atoms with Crippen LogP contribution >= 0.6 is 15.9 Å². The van der Waals surface area contributed by atoms with E-state index in [4.69, 9.17) is 0 Å². The summed E-state index contributed by atoms with van der Waals surface area (Å²) in [6, 6.07) is 6.19. The lowest BCUT2D eigenvalue weighted by Gasteiger charge is -2.18. The summed E-state index contributed by atoms with van der Waals surface area (Å²) < 4.78 is 1.00. The van der Waals surface area contributed by atoms with E-state index in [1.807, 2.05) is 18.2 Å². The molecule has 90 valence electrons. The molecule has 17 heavy (non-hydrogen) atoms. The van der Waals surface area contributed by atoms with Gasteiger partial charge in [0.05, 0.1) is 0 Å². The zero-order valence-corrected chi connectivity index (χ0v) is 11.1. The highest BCUT2D eigenvalue weighted by atomic mass is 79.9. The second-order valence-corrected chi connectivity index (χ2v) is 5.63. The topological polar surface area (TPSA) is 41.1 Å². The summed E-state index contributed by atoms with van der Waals surface area (Å²) >= 11 is 3.53. The Morgan fingerprint density at radius 1 is 1.29 bits per heavy atom. The zero-order chi connectivity index (χ0) is 11.8. The van der Waals surface area contributed by atoms with Crippen molar-refractivity contribution in [2.45, 2.75) is 37.8 Å². The van der Waals surface area contributed by atoms with Gasteiger partial charge in [0.25, 0.3) is 0 Å². The lowest BCUT2D eigenvalue weighted by Crippen LogP contribution is -2.34. The first-order chi connectivity index (χ1) is 8.25. The maximum Gasteiger partial charge on any atom is 0.246 e. The van der Waals surface area contributed by atoms with E-state index in [9.17, 15) is 4.79 Å². The Bertz CT molecular complexity index is 455. The zero-order valence-electron chi connectivity index (χ0n) is 9.50. The molecule has 0 spiro atoms. The van der Waals surface area contributed by atoms with E-state index in [1.54, 1.807) is 0 Å². The Balaban J connectivity index is 1.88. The normalized spacial score (nSPS) is 23.8. The molecule has 0 aromatic heterocycles. The van der Waals surface area contributed by atoms with Gasteiger partial charge in [-0.25, -0.2) is 0 Å². The van der Waals surface area contributed by atoms with Gasteiger partial charge in [-0.3, -0.25) is 10.1 Å². The highest BCUT2D eigenvalue weighted by Gasteiger charge is 2.34. The van der Waals surface area contributed by atoms with Crippen LogP contribution in [0, 0.1) is 0 Å². The van der Waals surface area contributed by atoms with Crippen LogP contribution in [0.3, 0.4) is 0 Å². The number of benzene rings is 1. The summed E-state index contributed by atoms with van der Waals surface area (Å²) in [6.07, 6.45) is 4.91. The predicted molar refractivity (Wildman–Crippen MR) is 70.9 cm³/mol. The average Bonchev–Trinajstić information content (AvgIpc) is 2.89. The fraction of sp³-hybridized carbons (Fsp3) is 0.462. The van der Waals surface area contributed by atoms with Crippen LogP contribution in [0.5, 0.6) is 0 Å². The van der Waals surface area contributed by atoms with Gasteiger partial charge in [0.2, 0.25) is 5.91 Å². The smallest absolute Gasteiger partial charge is 0.246 e. The van der Waals surface area contributed by atoms with Gasteiger partial charge >= 0.3 is 0 Å². The van der Waals surface area contributed by atoms with Crippen LogP contribution in [0.15, 0.2) is 22.7 Å². The van der Waals surface area contributed by atoms with Gasteiger partial charge in [0.1, 0.15) is 6.04 Å². The third kappa shape index (κ3) is 2.00. The number of rotatable bonds is 2. The standard InChI is InChI=1S/C13H15BrN2O/c14-9-6-3-7-10-11(9)12(13(17)16-10)15-8-4-1-2-5-8/h3,6-8,12,15H,1-2,4-5H2,(H,16,17). The third-order valence-corrected chi connectivity index (χ3v) is 4.31. The van der Waals surface area contributed by atoms with Crippen LogP contribution in [-0.4, -0.2) is 11.9 Å². The number of hydrogen-bond acceptors (Lipinski definition) is 2. The van der Waals surface area contributed by atoms with Gasteiger partial charge < -0.3 is 5.32 Å². The van der Waals surface area contributed by atoms with E-state index < -0.39 is 0 Å². The van der Waals surface area contributed by atoms with Crippen LogP contribution in [0.25, 0.3) is 0 Å². The summed E-state index contributed by atoms with van der Waals surface area (Å²) in [5, 5.41) is 6.41. The van der Waals surface area contributed by atoms with Crippen molar-refractivity contribution < 1.29 is 4.79 Å². The molecule has 0 saturated heterocycles. The van der Waals surface area contributed by atoms with Crippen molar-refractivity contribution in [2.24, 2.45) is 0 Å². The van der Waals surface area contributed by atoms with Gasteiger partial charge in [-0.2, -0.15) is 0 Å². The minimum atomic E-state index is -0.191. The molecule has 1 saturated carbocycles. The highest BCUT2D eigenvalue weighted by Crippen LogP contribution is 2.37. The molecular formula is C13H15BrN2O. The Morgan fingerprint density at radius 3 is 2.82 bits per heavy atom.